The number of hydrogen-bond donors (Lipinski definition) is 1. The Morgan fingerprint density at radius 2 is 1.69 bits per heavy atom. The molecule has 6 heteroatoms. The zero-order valence-electron chi connectivity index (χ0n) is 15.1. The molecule has 136 valence electrons. The molecule has 0 aromatic heterocycles. The van der Waals surface area contributed by atoms with Crippen molar-refractivity contribution in [3.8, 4) is 11.5 Å². The topological polar surface area (TPSA) is 67.9 Å². The molecule has 0 aliphatic carbocycles. The Balaban J connectivity index is 1.71. The van der Waals surface area contributed by atoms with E-state index in [1.807, 2.05) is 31.2 Å². The van der Waals surface area contributed by atoms with Crippen molar-refractivity contribution in [2.45, 2.75) is 19.4 Å². The second kappa shape index (κ2) is 7.47. The number of methoxy groups -OCH3 is 2. The number of nitrogens with one attached hydrogen (secondary N) is 1. The van der Waals surface area contributed by atoms with Gasteiger partial charge in [0.2, 0.25) is 5.91 Å². The highest BCUT2D eigenvalue weighted by Gasteiger charge is 2.31. The van der Waals surface area contributed by atoms with Crippen molar-refractivity contribution >= 4 is 17.5 Å². The highest BCUT2D eigenvalue weighted by molar-refractivity contribution is 5.99. The van der Waals surface area contributed by atoms with Crippen LogP contribution in [0, 0.1) is 6.92 Å². The maximum absolute atomic E-state index is 12.6. The summed E-state index contributed by atoms with van der Waals surface area (Å²) in [5.74, 6) is 0.824. The number of rotatable bonds is 5. The molecular formula is C20H22N2O4. The van der Waals surface area contributed by atoms with Crippen LogP contribution in [0.3, 0.4) is 0 Å². The molecule has 6 nitrogen and oxygen atoms in total. The van der Waals surface area contributed by atoms with Gasteiger partial charge < -0.3 is 19.7 Å². The van der Waals surface area contributed by atoms with Crippen molar-refractivity contribution in [1.82, 2.24) is 5.32 Å². The minimum atomic E-state index is -0.259. The number of benzene rings is 2. The minimum absolute atomic E-state index is 0.00220. The number of carbonyl (C=O) groups excluding carboxylic acids is 2. The van der Waals surface area contributed by atoms with Gasteiger partial charge in [-0.2, -0.15) is 0 Å². The number of carbonyl (C=O) groups is 2. The van der Waals surface area contributed by atoms with Gasteiger partial charge in [0.05, 0.1) is 20.3 Å². The zero-order chi connectivity index (χ0) is 18.7. The van der Waals surface area contributed by atoms with E-state index in [-0.39, 0.29) is 24.3 Å². The maximum Gasteiger partial charge on any atom is 0.251 e. The van der Waals surface area contributed by atoms with Crippen LogP contribution < -0.4 is 19.7 Å². The lowest BCUT2D eigenvalue weighted by atomic mass is 10.1. The molecule has 1 saturated heterocycles. The second-order valence-electron chi connectivity index (χ2n) is 6.32. The van der Waals surface area contributed by atoms with E-state index in [4.69, 9.17) is 9.47 Å². The molecule has 2 aromatic rings. The van der Waals surface area contributed by atoms with Gasteiger partial charge >= 0.3 is 0 Å². The Labute approximate surface area is 152 Å². The van der Waals surface area contributed by atoms with Crippen LogP contribution in [0.25, 0.3) is 0 Å². The monoisotopic (exact) mass is 354 g/mol. The first kappa shape index (κ1) is 17.8. The number of nitrogens with zero attached hydrogens (tertiary/aromatic N) is 1. The molecule has 1 atom stereocenters. The summed E-state index contributed by atoms with van der Waals surface area (Å²) in [6.45, 7) is 2.45. The molecule has 2 aromatic carbocycles. The van der Waals surface area contributed by atoms with Crippen molar-refractivity contribution in [3.05, 3.63) is 53.6 Å². The van der Waals surface area contributed by atoms with Gasteiger partial charge in [-0.25, -0.2) is 0 Å². The summed E-state index contributed by atoms with van der Waals surface area (Å²) in [7, 11) is 3.07. The van der Waals surface area contributed by atoms with Gasteiger partial charge in [-0.1, -0.05) is 17.7 Å². The van der Waals surface area contributed by atoms with E-state index in [1.165, 1.54) is 14.2 Å². The van der Waals surface area contributed by atoms with Gasteiger partial charge in [0.15, 0.2) is 0 Å². The van der Waals surface area contributed by atoms with Crippen LogP contribution in [0.2, 0.25) is 0 Å². The third-order valence-electron chi connectivity index (χ3n) is 4.42. The van der Waals surface area contributed by atoms with Crippen LogP contribution in [-0.4, -0.2) is 38.6 Å². The summed E-state index contributed by atoms with van der Waals surface area (Å²) in [6, 6.07) is 12.5. The van der Waals surface area contributed by atoms with Gasteiger partial charge in [0.25, 0.3) is 5.91 Å². The molecular weight excluding hydrogens is 332 g/mol. The highest BCUT2D eigenvalue weighted by Crippen LogP contribution is 2.24. The second-order valence-corrected chi connectivity index (χ2v) is 6.32. The molecule has 1 heterocycles. The molecule has 0 spiro atoms. The van der Waals surface area contributed by atoms with E-state index < -0.39 is 0 Å². The Bertz CT molecular complexity index is 795. The molecule has 1 unspecified atom stereocenters. The molecule has 0 saturated carbocycles. The largest absolute Gasteiger partial charge is 0.497 e. The van der Waals surface area contributed by atoms with E-state index in [0.29, 0.717) is 23.6 Å². The summed E-state index contributed by atoms with van der Waals surface area (Å²) >= 11 is 0. The van der Waals surface area contributed by atoms with E-state index in [0.717, 1.165) is 11.3 Å². The Morgan fingerprint density at radius 3 is 2.27 bits per heavy atom. The van der Waals surface area contributed by atoms with Gasteiger partial charge in [-0.05, 0) is 31.2 Å². The van der Waals surface area contributed by atoms with Crippen LogP contribution in [0.15, 0.2) is 42.5 Å². The van der Waals surface area contributed by atoms with Gasteiger partial charge in [-0.15, -0.1) is 0 Å². The maximum atomic E-state index is 12.6. The highest BCUT2D eigenvalue weighted by atomic mass is 16.5. The fourth-order valence-electron chi connectivity index (χ4n) is 2.99. The fourth-order valence-corrected chi connectivity index (χ4v) is 2.99. The van der Waals surface area contributed by atoms with E-state index in [1.54, 1.807) is 23.1 Å². The summed E-state index contributed by atoms with van der Waals surface area (Å²) in [5, 5.41) is 2.93. The molecule has 0 bridgehead atoms. The van der Waals surface area contributed by atoms with Crippen molar-refractivity contribution in [2.75, 3.05) is 25.7 Å². The molecule has 0 radical (unpaired) electrons. The van der Waals surface area contributed by atoms with Gasteiger partial charge in [0, 0.05) is 30.3 Å². The third kappa shape index (κ3) is 3.79. The lowest BCUT2D eigenvalue weighted by Crippen LogP contribution is -2.37. The lowest BCUT2D eigenvalue weighted by molar-refractivity contribution is -0.117. The lowest BCUT2D eigenvalue weighted by Gasteiger charge is -2.17. The molecule has 1 aliphatic rings. The molecule has 1 aliphatic heterocycles. The van der Waals surface area contributed by atoms with E-state index >= 15 is 0 Å². The molecule has 3 rings (SSSR count). The van der Waals surface area contributed by atoms with Crippen molar-refractivity contribution in [3.63, 3.8) is 0 Å². The van der Waals surface area contributed by atoms with Crippen LogP contribution >= 0.6 is 0 Å². The average molecular weight is 354 g/mol. The average Bonchev–Trinajstić information content (AvgIpc) is 3.01. The molecule has 1 fully saturated rings. The van der Waals surface area contributed by atoms with Crippen molar-refractivity contribution in [2.24, 2.45) is 0 Å². The predicted molar refractivity (Wildman–Crippen MR) is 98.9 cm³/mol. The zero-order valence-corrected chi connectivity index (χ0v) is 15.1. The van der Waals surface area contributed by atoms with Gasteiger partial charge in [0.1, 0.15) is 11.5 Å². The van der Waals surface area contributed by atoms with Crippen molar-refractivity contribution < 1.29 is 19.1 Å². The number of anilines is 1. The molecule has 1 N–H and O–H groups in total. The normalized spacial score (nSPS) is 16.5. The Hall–Kier alpha value is -3.02. The van der Waals surface area contributed by atoms with Crippen LogP contribution in [-0.2, 0) is 4.79 Å². The minimum Gasteiger partial charge on any atom is -0.497 e. The first-order valence-electron chi connectivity index (χ1n) is 8.41. The quantitative estimate of drug-likeness (QED) is 0.896. The predicted octanol–water partition coefficient (Wildman–Crippen LogP) is 2.55. The smallest absolute Gasteiger partial charge is 0.251 e. The standard InChI is InChI=1S/C20H22N2O4/c1-13-4-6-16(7-5-13)22-12-15(10-19(22)23)21-20(24)14-8-17(25-2)11-18(9-14)26-3/h4-9,11,15H,10,12H2,1-3H3,(H,21,24). The molecule has 26 heavy (non-hydrogen) atoms. The summed E-state index contributed by atoms with van der Waals surface area (Å²) in [5.41, 5.74) is 2.42. The van der Waals surface area contributed by atoms with Crippen LogP contribution in [0.1, 0.15) is 22.3 Å². The first-order valence-corrected chi connectivity index (χ1v) is 8.41. The Kier molecular flexibility index (Phi) is 5.11. The number of aryl methyl sites for hydroxylation is 1. The molecule has 2 amide bonds. The van der Waals surface area contributed by atoms with Gasteiger partial charge in [-0.3, -0.25) is 9.59 Å². The summed E-state index contributed by atoms with van der Waals surface area (Å²) in [4.78, 5) is 26.6. The first-order chi connectivity index (χ1) is 12.5. The SMILES string of the molecule is COc1cc(OC)cc(C(=O)NC2CC(=O)N(c3ccc(C)cc3)C2)c1. The summed E-state index contributed by atoms with van der Waals surface area (Å²) in [6.07, 6.45) is 0.278. The van der Waals surface area contributed by atoms with Crippen molar-refractivity contribution in [1.29, 1.82) is 0 Å². The summed E-state index contributed by atoms with van der Waals surface area (Å²) < 4.78 is 10.4. The number of hydrogen-bond acceptors (Lipinski definition) is 4. The van der Waals surface area contributed by atoms with E-state index in [9.17, 15) is 9.59 Å². The Morgan fingerprint density at radius 1 is 1.08 bits per heavy atom. The number of amides is 2. The van der Waals surface area contributed by atoms with Crippen LogP contribution in [0.5, 0.6) is 11.5 Å². The number of ether oxygens (including phenoxy) is 2. The third-order valence-corrected chi connectivity index (χ3v) is 4.42. The van der Waals surface area contributed by atoms with Crippen LogP contribution in [0.4, 0.5) is 5.69 Å². The fraction of sp³-hybridized carbons (Fsp3) is 0.300. The van der Waals surface area contributed by atoms with E-state index in [2.05, 4.69) is 5.32 Å².